The minimum atomic E-state index is -0.0979. The molecule has 1 aliphatic rings. The topological polar surface area (TPSA) is 23.5 Å². The first-order valence-electron chi connectivity index (χ1n) is 3.88. The van der Waals surface area contributed by atoms with Crippen molar-refractivity contribution >= 4 is 0 Å². The van der Waals surface area contributed by atoms with Gasteiger partial charge in [0, 0.05) is 18.1 Å². The van der Waals surface area contributed by atoms with E-state index in [-0.39, 0.29) is 11.6 Å². The normalized spacial score (nSPS) is 35.7. The first kappa shape index (κ1) is 8.02. The molecule has 0 aromatic carbocycles. The summed E-state index contributed by atoms with van der Waals surface area (Å²) in [6.45, 7) is 9.43. The van der Waals surface area contributed by atoms with Gasteiger partial charge in [0.2, 0.25) is 0 Å². The second-order valence-corrected chi connectivity index (χ2v) is 4.13. The largest absolute Gasteiger partial charge is 0.390 e. The number of aliphatic hydroxyl groups is 1. The van der Waals surface area contributed by atoms with Crippen LogP contribution in [0.1, 0.15) is 27.7 Å². The summed E-state index contributed by atoms with van der Waals surface area (Å²) in [6.07, 6.45) is -0.0979. The van der Waals surface area contributed by atoms with Crippen molar-refractivity contribution in [3.63, 3.8) is 0 Å². The highest BCUT2D eigenvalue weighted by Crippen LogP contribution is 2.26. The summed E-state index contributed by atoms with van der Waals surface area (Å²) < 4.78 is 0. The Morgan fingerprint density at radius 3 is 2.00 bits per heavy atom. The van der Waals surface area contributed by atoms with Gasteiger partial charge in [-0.15, -0.1) is 0 Å². The molecule has 0 aromatic rings. The zero-order valence-corrected chi connectivity index (χ0v) is 7.26. The average molecular weight is 143 g/mol. The molecule has 0 aromatic heterocycles. The molecule has 0 saturated carbocycles. The van der Waals surface area contributed by atoms with Gasteiger partial charge in [-0.1, -0.05) is 0 Å². The lowest BCUT2D eigenvalue weighted by Crippen LogP contribution is -2.64. The Kier molecular flexibility index (Phi) is 1.77. The number of β-amino-alcohol motifs (C(OH)–C–C–N with tert-alkyl or cyclic N) is 1. The van der Waals surface area contributed by atoms with Crippen LogP contribution in [0.25, 0.3) is 0 Å². The smallest absolute Gasteiger partial charge is 0.0819 e. The van der Waals surface area contributed by atoms with Crippen LogP contribution in [0, 0.1) is 0 Å². The molecule has 10 heavy (non-hydrogen) atoms. The Bertz CT molecular complexity index is 128. The maximum absolute atomic E-state index is 9.21. The lowest BCUT2D eigenvalue weighted by molar-refractivity contribution is -0.0984. The Morgan fingerprint density at radius 1 is 1.40 bits per heavy atom. The predicted octanol–water partition coefficient (Wildman–Crippen LogP) is 0.850. The van der Waals surface area contributed by atoms with E-state index in [1.54, 1.807) is 0 Å². The molecule has 2 heteroatoms. The summed E-state index contributed by atoms with van der Waals surface area (Å²) in [5.74, 6) is 0. The van der Waals surface area contributed by atoms with Crippen LogP contribution < -0.4 is 0 Å². The second kappa shape index (κ2) is 2.21. The van der Waals surface area contributed by atoms with Gasteiger partial charge in [-0.2, -0.15) is 0 Å². The molecule has 1 N–H and O–H groups in total. The highest BCUT2D eigenvalue weighted by atomic mass is 16.3. The Morgan fingerprint density at radius 2 is 1.90 bits per heavy atom. The third-order valence-corrected chi connectivity index (χ3v) is 2.29. The van der Waals surface area contributed by atoms with E-state index in [0.29, 0.717) is 6.04 Å². The van der Waals surface area contributed by atoms with Gasteiger partial charge < -0.3 is 5.11 Å². The molecule has 1 aliphatic heterocycles. The third kappa shape index (κ3) is 1.18. The summed E-state index contributed by atoms with van der Waals surface area (Å²) in [4.78, 5) is 2.30. The van der Waals surface area contributed by atoms with Crippen LogP contribution in [-0.2, 0) is 0 Å². The van der Waals surface area contributed by atoms with Gasteiger partial charge in [-0.25, -0.2) is 0 Å². The summed E-state index contributed by atoms with van der Waals surface area (Å²) in [6, 6.07) is 0.347. The van der Waals surface area contributed by atoms with Crippen LogP contribution in [0.2, 0.25) is 0 Å². The minimum Gasteiger partial charge on any atom is -0.390 e. The zero-order chi connectivity index (χ0) is 7.94. The third-order valence-electron chi connectivity index (χ3n) is 2.29. The molecule has 0 amide bonds. The van der Waals surface area contributed by atoms with E-state index in [4.69, 9.17) is 0 Å². The van der Waals surface area contributed by atoms with Gasteiger partial charge in [-0.05, 0) is 27.7 Å². The number of hydrogen-bond acceptors (Lipinski definition) is 2. The molecule has 1 fully saturated rings. The van der Waals surface area contributed by atoms with E-state index in [1.807, 2.05) is 0 Å². The maximum Gasteiger partial charge on any atom is 0.0819 e. The van der Waals surface area contributed by atoms with Gasteiger partial charge in [-0.3, -0.25) is 4.90 Å². The second-order valence-electron chi connectivity index (χ2n) is 4.13. The van der Waals surface area contributed by atoms with Crippen molar-refractivity contribution in [2.45, 2.75) is 45.4 Å². The molecule has 0 unspecified atom stereocenters. The summed E-state index contributed by atoms with van der Waals surface area (Å²) in [5, 5.41) is 9.21. The molecule has 0 aliphatic carbocycles. The maximum atomic E-state index is 9.21. The molecule has 0 radical (unpaired) electrons. The lowest BCUT2D eigenvalue weighted by Gasteiger charge is -2.51. The molecule has 2 atom stereocenters. The van der Waals surface area contributed by atoms with Crippen molar-refractivity contribution in [2.75, 3.05) is 6.54 Å². The summed E-state index contributed by atoms with van der Waals surface area (Å²) in [5.41, 5.74) is 0.221. The molecule has 1 heterocycles. The fourth-order valence-electron chi connectivity index (χ4n) is 1.47. The molecule has 0 spiro atoms. The fraction of sp³-hybridized carbons (Fsp3) is 1.00. The first-order chi connectivity index (χ1) is 4.43. The molecule has 60 valence electrons. The summed E-state index contributed by atoms with van der Waals surface area (Å²) in [7, 11) is 0. The predicted molar refractivity (Wildman–Crippen MR) is 41.9 cm³/mol. The molecule has 0 bridgehead atoms. The van der Waals surface area contributed by atoms with Gasteiger partial charge in [0.25, 0.3) is 0 Å². The van der Waals surface area contributed by atoms with Crippen LogP contribution in [0.5, 0.6) is 0 Å². The van der Waals surface area contributed by atoms with E-state index < -0.39 is 0 Å². The minimum absolute atomic E-state index is 0.0979. The van der Waals surface area contributed by atoms with Crippen molar-refractivity contribution in [3.05, 3.63) is 0 Å². The number of likely N-dealkylation sites (tertiary alicyclic amines) is 1. The van der Waals surface area contributed by atoms with Crippen molar-refractivity contribution in [3.8, 4) is 0 Å². The highest BCUT2D eigenvalue weighted by molar-refractivity contribution is 4.95. The Labute approximate surface area is 62.8 Å². The first-order valence-corrected chi connectivity index (χ1v) is 3.88. The highest BCUT2D eigenvalue weighted by Gasteiger charge is 2.39. The molecular formula is C8H17NO. The van der Waals surface area contributed by atoms with Crippen LogP contribution >= 0.6 is 0 Å². The van der Waals surface area contributed by atoms with Crippen LogP contribution in [0.15, 0.2) is 0 Å². The molecular weight excluding hydrogens is 126 g/mol. The van der Waals surface area contributed by atoms with E-state index >= 15 is 0 Å². The van der Waals surface area contributed by atoms with Crippen molar-refractivity contribution < 1.29 is 5.11 Å². The monoisotopic (exact) mass is 143 g/mol. The SMILES string of the molecule is C[C@@H]1[C@@H](O)CN1C(C)(C)C. The van der Waals surface area contributed by atoms with Gasteiger partial charge >= 0.3 is 0 Å². The number of rotatable bonds is 0. The Balaban J connectivity index is 2.48. The quantitative estimate of drug-likeness (QED) is 0.543. The van der Waals surface area contributed by atoms with Crippen molar-refractivity contribution in [2.24, 2.45) is 0 Å². The molecule has 1 saturated heterocycles. The van der Waals surface area contributed by atoms with E-state index in [9.17, 15) is 5.11 Å². The average Bonchev–Trinajstić information content (AvgIpc) is 1.79. The summed E-state index contributed by atoms with van der Waals surface area (Å²) >= 11 is 0. The van der Waals surface area contributed by atoms with Gasteiger partial charge in [0.1, 0.15) is 0 Å². The standard InChI is InChI=1S/C8H17NO/c1-6-7(10)5-9(6)8(2,3)4/h6-7,10H,5H2,1-4H3/t6-,7+/m1/s1. The Hall–Kier alpha value is -0.0800. The number of aliphatic hydroxyl groups excluding tert-OH is 1. The van der Waals surface area contributed by atoms with Gasteiger partial charge in [0.15, 0.2) is 0 Å². The van der Waals surface area contributed by atoms with Gasteiger partial charge in [0.05, 0.1) is 6.10 Å². The lowest BCUT2D eigenvalue weighted by atomic mass is 9.92. The van der Waals surface area contributed by atoms with E-state index in [0.717, 1.165) is 6.54 Å². The van der Waals surface area contributed by atoms with E-state index in [1.165, 1.54) is 0 Å². The number of nitrogens with zero attached hydrogens (tertiary/aromatic N) is 1. The number of hydrogen-bond donors (Lipinski definition) is 1. The zero-order valence-electron chi connectivity index (χ0n) is 7.26. The van der Waals surface area contributed by atoms with Crippen molar-refractivity contribution in [1.29, 1.82) is 0 Å². The fourth-order valence-corrected chi connectivity index (χ4v) is 1.47. The van der Waals surface area contributed by atoms with E-state index in [2.05, 4.69) is 32.6 Å². The molecule has 1 rings (SSSR count). The van der Waals surface area contributed by atoms with Crippen LogP contribution in [-0.4, -0.2) is 34.2 Å². The molecule has 2 nitrogen and oxygen atoms in total. The van der Waals surface area contributed by atoms with Crippen molar-refractivity contribution in [1.82, 2.24) is 4.90 Å². The van der Waals surface area contributed by atoms with Crippen LogP contribution in [0.4, 0.5) is 0 Å². The van der Waals surface area contributed by atoms with Crippen LogP contribution in [0.3, 0.4) is 0 Å².